The molecular formula is C34H46N4O7. The molecule has 2 aromatic rings. The topological polar surface area (TPSA) is 138 Å². The maximum atomic E-state index is 13.4. The number of hydrogen-bond donors (Lipinski definition) is 4. The Kier molecular flexibility index (Phi) is 10.8. The number of rotatable bonds is 12. The van der Waals surface area contributed by atoms with E-state index in [1.165, 1.54) is 0 Å². The largest absolute Gasteiger partial charge is 0.497 e. The lowest BCUT2D eigenvalue weighted by molar-refractivity contribution is -0.143. The Morgan fingerprint density at radius 2 is 1.80 bits per heavy atom. The van der Waals surface area contributed by atoms with Gasteiger partial charge in [0.25, 0.3) is 0 Å². The molecule has 3 aliphatic heterocycles. The summed E-state index contributed by atoms with van der Waals surface area (Å²) in [5, 5.41) is 19.9. The fourth-order valence-electron chi connectivity index (χ4n) is 6.81. The van der Waals surface area contributed by atoms with Gasteiger partial charge in [0.05, 0.1) is 19.1 Å². The number of nitrogens with one attached hydrogen (secondary N) is 3. The van der Waals surface area contributed by atoms with Crippen molar-refractivity contribution >= 4 is 17.8 Å². The summed E-state index contributed by atoms with van der Waals surface area (Å²) in [6.45, 7) is 6.21. The highest BCUT2D eigenvalue weighted by Crippen LogP contribution is 2.47. The van der Waals surface area contributed by atoms with Crippen LogP contribution in [-0.4, -0.2) is 80.0 Å². The third kappa shape index (κ3) is 7.88. The number of methoxy groups -OCH3 is 1. The number of hydrogen-bond acceptors (Lipinski definition) is 8. The van der Waals surface area contributed by atoms with E-state index < -0.39 is 24.0 Å². The summed E-state index contributed by atoms with van der Waals surface area (Å²) < 4.78 is 16.4. The van der Waals surface area contributed by atoms with Gasteiger partial charge >= 0.3 is 5.97 Å². The van der Waals surface area contributed by atoms with Crippen molar-refractivity contribution in [1.82, 2.24) is 20.9 Å². The zero-order valence-corrected chi connectivity index (χ0v) is 26.4. The second-order valence-electron chi connectivity index (χ2n) is 12.6. The lowest BCUT2D eigenvalue weighted by Crippen LogP contribution is -2.53. The van der Waals surface area contributed by atoms with Crippen LogP contribution >= 0.6 is 0 Å². The summed E-state index contributed by atoms with van der Waals surface area (Å²) in [4.78, 5) is 41.5. The molecular weight excluding hydrogens is 576 g/mol. The Bertz CT molecular complexity index is 1330. The molecule has 0 bridgehead atoms. The van der Waals surface area contributed by atoms with Crippen LogP contribution in [0.2, 0.25) is 0 Å². The van der Waals surface area contributed by atoms with E-state index >= 15 is 0 Å². The first-order valence-corrected chi connectivity index (χ1v) is 16.1. The molecule has 0 aromatic heterocycles. The Hall–Kier alpha value is -3.83. The standard InChI is InChI=1S/C34H46N4O7/c1-21(2)17-27(37-33(40)26-7-5-4-6-14-35-26)32(39)36-15-16-38-19-25(23-10-13-28-29(18-23)45-20-44-28)30(34(41)42)31(38)22-8-11-24(43-3)12-9-22/h8-13,18,21,25-27,30-31,35H,4-7,14-17,19-20H2,1-3H3,(H,36,39)(H,37,40)(H,41,42)/t25?,26?,27-,30-,31+/m0/s1. The van der Waals surface area contributed by atoms with E-state index in [1.54, 1.807) is 7.11 Å². The van der Waals surface area contributed by atoms with E-state index in [9.17, 15) is 19.5 Å². The highest BCUT2D eigenvalue weighted by molar-refractivity contribution is 5.89. The molecule has 2 amide bonds. The number of ether oxygens (including phenoxy) is 3. The van der Waals surface area contributed by atoms with Crippen molar-refractivity contribution in [2.45, 2.75) is 70.0 Å². The van der Waals surface area contributed by atoms with Crippen molar-refractivity contribution in [1.29, 1.82) is 0 Å². The molecule has 2 saturated heterocycles. The lowest BCUT2D eigenvalue weighted by Gasteiger charge is -2.28. The van der Waals surface area contributed by atoms with Crippen LogP contribution in [0.15, 0.2) is 42.5 Å². The van der Waals surface area contributed by atoms with Crippen LogP contribution in [0, 0.1) is 11.8 Å². The summed E-state index contributed by atoms with van der Waals surface area (Å²) in [7, 11) is 1.59. The number of fused-ring (bicyclic) bond motifs is 1. The van der Waals surface area contributed by atoms with E-state index in [4.69, 9.17) is 14.2 Å². The predicted molar refractivity (Wildman–Crippen MR) is 168 cm³/mol. The molecule has 2 fully saturated rings. The van der Waals surface area contributed by atoms with Gasteiger partial charge in [0, 0.05) is 31.6 Å². The van der Waals surface area contributed by atoms with Crippen LogP contribution in [0.5, 0.6) is 17.2 Å². The number of carboxylic acids is 1. The highest BCUT2D eigenvalue weighted by atomic mass is 16.7. The number of aliphatic carboxylic acids is 1. The average Bonchev–Trinajstić information content (AvgIpc) is 3.55. The molecule has 0 aliphatic carbocycles. The van der Waals surface area contributed by atoms with Gasteiger partial charge in [-0.15, -0.1) is 0 Å². The minimum Gasteiger partial charge on any atom is -0.497 e. The molecule has 45 heavy (non-hydrogen) atoms. The van der Waals surface area contributed by atoms with Gasteiger partial charge < -0.3 is 35.3 Å². The number of carbonyl (C=O) groups is 3. The highest BCUT2D eigenvalue weighted by Gasteiger charge is 2.47. The molecule has 5 rings (SSSR count). The fraction of sp³-hybridized carbons (Fsp3) is 0.559. The SMILES string of the molecule is COc1ccc([C@@H]2[C@@H](C(=O)O)C(c3ccc4c(c3)OCO4)CN2CCNC(=O)[C@H](CC(C)C)NC(=O)C2CCCCCN2)cc1. The lowest BCUT2D eigenvalue weighted by atomic mass is 9.82. The zero-order chi connectivity index (χ0) is 31.9. The van der Waals surface area contributed by atoms with Crippen LogP contribution < -0.4 is 30.2 Å². The van der Waals surface area contributed by atoms with Crippen LogP contribution in [0.3, 0.4) is 0 Å². The van der Waals surface area contributed by atoms with Crippen molar-refractivity contribution < 1.29 is 33.7 Å². The van der Waals surface area contributed by atoms with Crippen LogP contribution in [-0.2, 0) is 14.4 Å². The first kappa shape index (κ1) is 32.6. The summed E-state index contributed by atoms with van der Waals surface area (Å²) >= 11 is 0. The molecule has 0 saturated carbocycles. The van der Waals surface area contributed by atoms with Crippen molar-refractivity contribution in [3.05, 3.63) is 53.6 Å². The van der Waals surface area contributed by atoms with Gasteiger partial charge in [0.1, 0.15) is 11.8 Å². The Labute approximate surface area is 265 Å². The number of likely N-dealkylation sites (tertiary alicyclic amines) is 1. The predicted octanol–water partition coefficient (Wildman–Crippen LogP) is 3.44. The molecule has 2 aromatic carbocycles. The van der Waals surface area contributed by atoms with E-state index in [0.29, 0.717) is 43.3 Å². The first-order valence-electron chi connectivity index (χ1n) is 16.1. The first-order chi connectivity index (χ1) is 21.7. The molecule has 0 radical (unpaired) electrons. The third-order valence-corrected chi connectivity index (χ3v) is 9.08. The number of carboxylic acid groups (broad SMARTS) is 1. The van der Waals surface area contributed by atoms with E-state index in [0.717, 1.165) is 43.4 Å². The zero-order valence-electron chi connectivity index (χ0n) is 26.4. The molecule has 4 N–H and O–H groups in total. The van der Waals surface area contributed by atoms with Gasteiger partial charge in [-0.3, -0.25) is 19.3 Å². The van der Waals surface area contributed by atoms with Gasteiger partial charge in [-0.05, 0) is 67.1 Å². The quantitative estimate of drug-likeness (QED) is 0.280. The molecule has 2 unspecified atom stereocenters. The smallest absolute Gasteiger partial charge is 0.309 e. The summed E-state index contributed by atoms with van der Waals surface area (Å²) in [5.41, 5.74) is 1.72. The number of nitrogens with zero attached hydrogens (tertiary/aromatic N) is 1. The molecule has 244 valence electrons. The fourth-order valence-corrected chi connectivity index (χ4v) is 6.81. The third-order valence-electron chi connectivity index (χ3n) is 9.08. The molecule has 3 heterocycles. The maximum Gasteiger partial charge on any atom is 0.309 e. The van der Waals surface area contributed by atoms with Crippen LogP contribution in [0.25, 0.3) is 0 Å². The average molecular weight is 623 g/mol. The minimum absolute atomic E-state index is 0.132. The normalized spacial score (nSPS) is 23.7. The number of benzene rings is 2. The van der Waals surface area contributed by atoms with Gasteiger partial charge in [-0.1, -0.05) is 44.9 Å². The molecule has 0 spiro atoms. The molecule has 3 aliphatic rings. The van der Waals surface area contributed by atoms with Gasteiger partial charge in [0.2, 0.25) is 18.6 Å². The Balaban J connectivity index is 1.31. The Morgan fingerprint density at radius 1 is 1.04 bits per heavy atom. The van der Waals surface area contributed by atoms with Crippen LogP contribution in [0.1, 0.15) is 69.0 Å². The maximum absolute atomic E-state index is 13.4. The van der Waals surface area contributed by atoms with Gasteiger partial charge in [-0.2, -0.15) is 0 Å². The summed E-state index contributed by atoms with van der Waals surface area (Å²) in [6.07, 6.45) is 4.42. The monoisotopic (exact) mass is 622 g/mol. The summed E-state index contributed by atoms with van der Waals surface area (Å²) in [5.74, 6) is -0.160. The number of amides is 2. The Morgan fingerprint density at radius 3 is 2.53 bits per heavy atom. The second-order valence-corrected chi connectivity index (χ2v) is 12.6. The molecule has 5 atom stereocenters. The van der Waals surface area contributed by atoms with Crippen LogP contribution in [0.4, 0.5) is 0 Å². The minimum atomic E-state index is -0.892. The number of carbonyl (C=O) groups excluding carboxylic acids is 2. The van der Waals surface area contributed by atoms with Crippen molar-refractivity contribution in [2.24, 2.45) is 11.8 Å². The van der Waals surface area contributed by atoms with E-state index in [-0.39, 0.29) is 36.5 Å². The van der Waals surface area contributed by atoms with Crippen molar-refractivity contribution in [2.75, 3.05) is 40.1 Å². The van der Waals surface area contributed by atoms with E-state index in [2.05, 4.69) is 20.9 Å². The molecule has 11 nitrogen and oxygen atoms in total. The molecule has 11 heteroatoms. The van der Waals surface area contributed by atoms with Crippen molar-refractivity contribution in [3.63, 3.8) is 0 Å². The van der Waals surface area contributed by atoms with Gasteiger partial charge in [0.15, 0.2) is 11.5 Å². The summed E-state index contributed by atoms with van der Waals surface area (Å²) in [6, 6.07) is 11.7. The second kappa shape index (κ2) is 15.0. The van der Waals surface area contributed by atoms with Gasteiger partial charge in [-0.25, -0.2) is 0 Å². The van der Waals surface area contributed by atoms with E-state index in [1.807, 2.05) is 56.3 Å². The van der Waals surface area contributed by atoms with Crippen molar-refractivity contribution in [3.8, 4) is 17.2 Å².